The number of ether oxygens (including phenoxy) is 2. The van der Waals surface area contributed by atoms with E-state index in [-0.39, 0.29) is 12.5 Å². The summed E-state index contributed by atoms with van der Waals surface area (Å²) in [5, 5.41) is 10.4. The highest BCUT2D eigenvalue weighted by Gasteiger charge is 2.29. The largest absolute Gasteiger partial charge is 0.497 e. The van der Waals surface area contributed by atoms with Gasteiger partial charge in [-0.3, -0.25) is 14.6 Å². The summed E-state index contributed by atoms with van der Waals surface area (Å²) in [6.07, 6.45) is 0.410. The molecule has 3 N–H and O–H groups in total. The van der Waals surface area contributed by atoms with E-state index < -0.39 is 12.1 Å². The molecule has 1 amide bonds. The molecule has 0 radical (unpaired) electrons. The molecule has 1 saturated heterocycles. The van der Waals surface area contributed by atoms with Crippen molar-refractivity contribution in [1.82, 2.24) is 9.80 Å². The van der Waals surface area contributed by atoms with Gasteiger partial charge in [-0.25, -0.2) is 0 Å². The molecular formula is C26H37N3O4. The summed E-state index contributed by atoms with van der Waals surface area (Å²) < 4.78 is 10.9. The van der Waals surface area contributed by atoms with Gasteiger partial charge in [0.25, 0.3) is 0 Å². The average Bonchev–Trinajstić information content (AvgIpc) is 2.80. The number of nitrogens with two attached hydrogens (primary N) is 1. The van der Waals surface area contributed by atoms with E-state index in [0.29, 0.717) is 31.3 Å². The van der Waals surface area contributed by atoms with Crippen molar-refractivity contribution in [3.8, 4) is 11.5 Å². The van der Waals surface area contributed by atoms with Crippen molar-refractivity contribution in [3.63, 3.8) is 0 Å². The average molecular weight is 456 g/mol. The molecule has 0 spiro atoms. The van der Waals surface area contributed by atoms with E-state index in [2.05, 4.69) is 35.8 Å². The van der Waals surface area contributed by atoms with E-state index in [1.807, 2.05) is 30.3 Å². The fourth-order valence-electron chi connectivity index (χ4n) is 4.30. The van der Waals surface area contributed by atoms with Gasteiger partial charge in [-0.1, -0.05) is 44.2 Å². The highest BCUT2D eigenvalue weighted by atomic mass is 16.5. The van der Waals surface area contributed by atoms with Crippen molar-refractivity contribution < 1.29 is 19.4 Å². The Kier molecular flexibility index (Phi) is 9.11. The van der Waals surface area contributed by atoms with Crippen LogP contribution in [0.2, 0.25) is 0 Å². The molecule has 180 valence electrons. The lowest BCUT2D eigenvalue weighted by Crippen LogP contribution is -2.52. The summed E-state index contributed by atoms with van der Waals surface area (Å²) in [5.41, 5.74) is 8.00. The first-order chi connectivity index (χ1) is 15.9. The molecule has 2 atom stereocenters. The van der Waals surface area contributed by atoms with Crippen LogP contribution in [-0.2, 0) is 11.2 Å². The number of aliphatic hydroxyl groups is 1. The number of β-amino-alcohol motifs (C(OH)–C–C–N with tert-alkyl or cyclic N) is 1. The van der Waals surface area contributed by atoms with Gasteiger partial charge in [-0.2, -0.15) is 0 Å². The van der Waals surface area contributed by atoms with Gasteiger partial charge in [0.15, 0.2) is 0 Å². The fourth-order valence-corrected chi connectivity index (χ4v) is 4.30. The molecule has 0 aliphatic carbocycles. The Morgan fingerprint density at radius 1 is 1.06 bits per heavy atom. The van der Waals surface area contributed by atoms with Crippen molar-refractivity contribution in [2.45, 2.75) is 32.4 Å². The van der Waals surface area contributed by atoms with Crippen LogP contribution in [-0.4, -0.2) is 73.4 Å². The van der Waals surface area contributed by atoms with Crippen LogP contribution in [0, 0.1) is 5.92 Å². The summed E-state index contributed by atoms with van der Waals surface area (Å²) in [5.74, 6) is 1.65. The molecule has 7 heteroatoms. The summed E-state index contributed by atoms with van der Waals surface area (Å²) in [6.45, 7) is 8.05. The minimum Gasteiger partial charge on any atom is -0.497 e. The molecule has 3 rings (SSSR count). The van der Waals surface area contributed by atoms with Crippen LogP contribution in [0.1, 0.15) is 31.0 Å². The molecule has 1 aliphatic rings. The van der Waals surface area contributed by atoms with E-state index in [1.54, 1.807) is 13.2 Å². The predicted molar refractivity (Wildman–Crippen MR) is 129 cm³/mol. The Balaban J connectivity index is 1.49. The maximum absolute atomic E-state index is 12.3. The number of benzene rings is 2. The van der Waals surface area contributed by atoms with Crippen LogP contribution < -0.4 is 15.2 Å². The van der Waals surface area contributed by atoms with Gasteiger partial charge in [0.2, 0.25) is 5.91 Å². The van der Waals surface area contributed by atoms with E-state index in [0.717, 1.165) is 30.8 Å². The molecule has 2 aromatic rings. The predicted octanol–water partition coefficient (Wildman–Crippen LogP) is 2.48. The third-order valence-corrected chi connectivity index (χ3v) is 5.93. The van der Waals surface area contributed by atoms with Crippen LogP contribution in [0.5, 0.6) is 11.5 Å². The lowest BCUT2D eigenvalue weighted by atomic mass is 9.98. The molecule has 0 aromatic heterocycles. The number of rotatable bonds is 11. The van der Waals surface area contributed by atoms with E-state index >= 15 is 0 Å². The maximum Gasteiger partial charge on any atom is 0.239 e. The highest BCUT2D eigenvalue weighted by Crippen LogP contribution is 2.24. The zero-order valence-corrected chi connectivity index (χ0v) is 19.9. The number of carbonyl (C=O) groups is 1. The van der Waals surface area contributed by atoms with Crippen LogP contribution >= 0.6 is 0 Å². The zero-order chi connectivity index (χ0) is 23.8. The number of aliphatic hydroxyl groups excluding tert-OH is 1. The molecule has 1 aliphatic heterocycles. The molecule has 2 unspecified atom stereocenters. The third-order valence-electron chi connectivity index (χ3n) is 5.93. The second kappa shape index (κ2) is 12.0. The van der Waals surface area contributed by atoms with Crippen molar-refractivity contribution in [2.75, 3.05) is 46.4 Å². The maximum atomic E-state index is 12.3. The quantitative estimate of drug-likeness (QED) is 0.541. The van der Waals surface area contributed by atoms with Gasteiger partial charge in [-0.05, 0) is 35.6 Å². The van der Waals surface area contributed by atoms with Crippen LogP contribution in [0.25, 0.3) is 0 Å². The zero-order valence-electron chi connectivity index (χ0n) is 19.9. The molecule has 7 nitrogen and oxygen atoms in total. The standard InChI is InChI=1S/C26H37N3O4/c1-19(2)15-20-7-9-21(10-8-20)25(26(27)31)29-13-11-28(12-14-29)17-22(30)18-33-24-6-4-5-23(16-24)32-3/h4-10,16,19,22,25,30H,11-15,17-18H2,1-3H3,(H2,27,31). The van der Waals surface area contributed by atoms with Crippen molar-refractivity contribution >= 4 is 5.91 Å². The van der Waals surface area contributed by atoms with E-state index in [9.17, 15) is 9.90 Å². The minimum absolute atomic E-state index is 0.208. The van der Waals surface area contributed by atoms with Crippen LogP contribution in [0.4, 0.5) is 0 Å². The third kappa shape index (κ3) is 7.45. The first-order valence-corrected chi connectivity index (χ1v) is 11.6. The number of piperazine rings is 1. The Bertz CT molecular complexity index is 879. The van der Waals surface area contributed by atoms with Gasteiger partial charge in [0, 0.05) is 38.8 Å². The van der Waals surface area contributed by atoms with E-state index in [1.165, 1.54) is 5.56 Å². The SMILES string of the molecule is COc1cccc(OCC(O)CN2CCN(C(C(N)=O)c3ccc(CC(C)C)cc3)CC2)c1. The van der Waals surface area contributed by atoms with Gasteiger partial charge in [0.1, 0.15) is 30.3 Å². The number of carbonyl (C=O) groups excluding carboxylic acids is 1. The van der Waals surface area contributed by atoms with Crippen molar-refractivity contribution in [1.29, 1.82) is 0 Å². The van der Waals surface area contributed by atoms with Gasteiger partial charge >= 0.3 is 0 Å². The lowest BCUT2D eigenvalue weighted by Gasteiger charge is -2.38. The van der Waals surface area contributed by atoms with E-state index in [4.69, 9.17) is 15.2 Å². The Morgan fingerprint density at radius 2 is 1.73 bits per heavy atom. The Labute approximate surface area is 197 Å². The molecule has 1 fully saturated rings. The second-order valence-electron chi connectivity index (χ2n) is 9.12. The van der Waals surface area contributed by atoms with Crippen LogP contribution in [0.3, 0.4) is 0 Å². The minimum atomic E-state index is -0.608. The summed E-state index contributed by atoms with van der Waals surface area (Å²) in [7, 11) is 1.61. The monoisotopic (exact) mass is 455 g/mol. The smallest absolute Gasteiger partial charge is 0.239 e. The fraction of sp³-hybridized carbons (Fsp3) is 0.500. The molecule has 0 bridgehead atoms. The summed E-state index contributed by atoms with van der Waals surface area (Å²) in [4.78, 5) is 16.6. The van der Waals surface area contributed by atoms with Gasteiger partial charge in [0.05, 0.1) is 7.11 Å². The number of primary amides is 1. The molecule has 1 heterocycles. The first kappa shape index (κ1) is 25.0. The molecule has 33 heavy (non-hydrogen) atoms. The molecule has 0 saturated carbocycles. The number of hydrogen-bond donors (Lipinski definition) is 2. The first-order valence-electron chi connectivity index (χ1n) is 11.6. The topological polar surface area (TPSA) is 88.3 Å². The highest BCUT2D eigenvalue weighted by molar-refractivity contribution is 5.81. The number of nitrogens with zero attached hydrogens (tertiary/aromatic N) is 2. The van der Waals surface area contributed by atoms with Crippen molar-refractivity contribution in [3.05, 3.63) is 59.7 Å². The Hall–Kier alpha value is -2.61. The summed E-state index contributed by atoms with van der Waals surface area (Å²) >= 11 is 0. The lowest BCUT2D eigenvalue weighted by molar-refractivity contribution is -0.124. The number of amides is 1. The summed E-state index contributed by atoms with van der Waals surface area (Å²) in [6, 6.07) is 15.2. The van der Waals surface area contributed by atoms with Gasteiger partial charge in [-0.15, -0.1) is 0 Å². The second-order valence-corrected chi connectivity index (χ2v) is 9.12. The van der Waals surface area contributed by atoms with Crippen LogP contribution in [0.15, 0.2) is 48.5 Å². The van der Waals surface area contributed by atoms with Gasteiger partial charge < -0.3 is 20.3 Å². The van der Waals surface area contributed by atoms with Crippen molar-refractivity contribution in [2.24, 2.45) is 11.7 Å². The Morgan fingerprint density at radius 3 is 2.33 bits per heavy atom. The number of hydrogen-bond acceptors (Lipinski definition) is 6. The molecule has 2 aromatic carbocycles. The normalized spacial score (nSPS) is 17.0. The molecular weight excluding hydrogens is 418 g/mol. The number of methoxy groups -OCH3 is 1.